The molecule has 0 radical (unpaired) electrons. The molecule has 2 amide bonds. The number of carbonyl (C=O) groups is 1. The fraction of sp³-hybridized carbons (Fsp3) is 0.474. The Bertz CT molecular complexity index is 727. The summed E-state index contributed by atoms with van der Waals surface area (Å²) in [6.07, 6.45) is 5.61. The van der Waals surface area contributed by atoms with Gasteiger partial charge in [-0.1, -0.05) is 12.1 Å². The Hall–Kier alpha value is -2.37. The van der Waals surface area contributed by atoms with Gasteiger partial charge in [-0.25, -0.2) is 9.18 Å². The standard InChI is InChI=1S/C19H23FN4O/c20-16-5-1-3-13(9-16)15-10-17(11-15)22-19(25)24-8-2-4-14(12-24)18-6-7-21-23-18/h1,3,5-7,9,14-15,17H,2,4,8,10-12H2,(H,21,23)(H,22,25)/t14-,15?,17?/m0/s1. The predicted octanol–water partition coefficient (Wildman–Crippen LogP) is 3.38. The summed E-state index contributed by atoms with van der Waals surface area (Å²) in [5.41, 5.74) is 2.13. The van der Waals surface area contributed by atoms with Gasteiger partial charge in [0.15, 0.2) is 0 Å². The Balaban J connectivity index is 1.28. The lowest BCUT2D eigenvalue weighted by Gasteiger charge is -2.39. The van der Waals surface area contributed by atoms with Crippen molar-refractivity contribution in [1.29, 1.82) is 0 Å². The van der Waals surface area contributed by atoms with E-state index in [-0.39, 0.29) is 17.9 Å². The van der Waals surface area contributed by atoms with Gasteiger partial charge < -0.3 is 10.2 Å². The largest absolute Gasteiger partial charge is 0.335 e. The molecule has 4 rings (SSSR count). The fourth-order valence-electron chi connectivity index (χ4n) is 3.94. The van der Waals surface area contributed by atoms with Crippen LogP contribution in [0.1, 0.15) is 48.8 Å². The van der Waals surface area contributed by atoms with Crippen molar-refractivity contribution < 1.29 is 9.18 Å². The quantitative estimate of drug-likeness (QED) is 0.898. The third kappa shape index (κ3) is 3.52. The van der Waals surface area contributed by atoms with E-state index in [1.54, 1.807) is 18.3 Å². The lowest BCUT2D eigenvalue weighted by Crippen LogP contribution is -2.51. The zero-order valence-corrected chi connectivity index (χ0v) is 14.1. The second-order valence-electron chi connectivity index (χ2n) is 7.17. The number of amides is 2. The SMILES string of the molecule is O=C(NC1CC(c2cccc(F)c2)C1)N1CCC[C@H](c2ccn[nH]2)C1. The van der Waals surface area contributed by atoms with Crippen molar-refractivity contribution in [2.45, 2.75) is 43.6 Å². The number of H-pyrrole nitrogens is 1. The first-order valence-electron chi connectivity index (χ1n) is 8.99. The van der Waals surface area contributed by atoms with Crippen molar-refractivity contribution in [3.63, 3.8) is 0 Å². The van der Waals surface area contributed by atoms with Gasteiger partial charge >= 0.3 is 6.03 Å². The summed E-state index contributed by atoms with van der Waals surface area (Å²) in [5, 5.41) is 10.2. The maximum atomic E-state index is 13.3. The van der Waals surface area contributed by atoms with Gasteiger partial charge in [0.25, 0.3) is 0 Å². The molecule has 1 saturated heterocycles. The highest BCUT2D eigenvalue weighted by molar-refractivity contribution is 5.75. The molecule has 25 heavy (non-hydrogen) atoms. The summed E-state index contributed by atoms with van der Waals surface area (Å²) in [6, 6.07) is 8.98. The number of rotatable bonds is 3. The van der Waals surface area contributed by atoms with Crippen LogP contribution in [0.25, 0.3) is 0 Å². The smallest absolute Gasteiger partial charge is 0.317 e. The minimum absolute atomic E-state index is 0.0203. The summed E-state index contributed by atoms with van der Waals surface area (Å²) in [4.78, 5) is 14.4. The van der Waals surface area contributed by atoms with Gasteiger partial charge in [-0.15, -0.1) is 0 Å². The topological polar surface area (TPSA) is 61.0 Å². The second kappa shape index (κ2) is 6.86. The molecule has 1 aromatic carbocycles. The van der Waals surface area contributed by atoms with Gasteiger partial charge in [0.2, 0.25) is 0 Å². The van der Waals surface area contributed by atoms with Crippen molar-refractivity contribution in [2.24, 2.45) is 0 Å². The van der Waals surface area contributed by atoms with Crippen molar-refractivity contribution in [3.8, 4) is 0 Å². The van der Waals surface area contributed by atoms with Crippen molar-refractivity contribution >= 4 is 6.03 Å². The minimum atomic E-state index is -0.192. The van der Waals surface area contributed by atoms with Crippen LogP contribution in [-0.4, -0.2) is 40.3 Å². The number of carbonyl (C=O) groups excluding carboxylic acids is 1. The van der Waals surface area contributed by atoms with E-state index in [1.165, 1.54) is 6.07 Å². The molecule has 0 bridgehead atoms. The normalized spacial score (nSPS) is 26.1. The van der Waals surface area contributed by atoms with Crippen LogP contribution in [0.2, 0.25) is 0 Å². The lowest BCUT2D eigenvalue weighted by atomic mass is 9.76. The fourth-order valence-corrected chi connectivity index (χ4v) is 3.94. The first-order valence-corrected chi connectivity index (χ1v) is 8.99. The molecule has 2 aromatic rings. The van der Waals surface area contributed by atoms with E-state index in [0.717, 1.165) is 50.0 Å². The molecule has 6 heteroatoms. The number of piperidine rings is 1. The van der Waals surface area contributed by atoms with E-state index >= 15 is 0 Å². The Morgan fingerprint density at radius 3 is 2.92 bits per heavy atom. The molecule has 1 saturated carbocycles. The number of urea groups is 1. The van der Waals surface area contributed by atoms with Crippen LogP contribution in [0.3, 0.4) is 0 Å². The molecule has 2 heterocycles. The maximum Gasteiger partial charge on any atom is 0.317 e. The van der Waals surface area contributed by atoms with Gasteiger partial charge in [-0.2, -0.15) is 5.10 Å². The van der Waals surface area contributed by atoms with Crippen molar-refractivity contribution in [1.82, 2.24) is 20.4 Å². The molecule has 0 unspecified atom stereocenters. The number of benzene rings is 1. The molecule has 1 aromatic heterocycles. The molecule has 2 N–H and O–H groups in total. The highest BCUT2D eigenvalue weighted by atomic mass is 19.1. The van der Waals surface area contributed by atoms with Crippen LogP contribution in [0, 0.1) is 5.82 Å². The Morgan fingerprint density at radius 1 is 1.28 bits per heavy atom. The van der Waals surface area contributed by atoms with E-state index in [1.807, 2.05) is 17.0 Å². The average Bonchev–Trinajstić information content (AvgIpc) is 3.12. The van der Waals surface area contributed by atoms with Gasteiger partial charge in [-0.3, -0.25) is 5.10 Å². The average molecular weight is 342 g/mol. The molecule has 1 atom stereocenters. The Morgan fingerprint density at radius 2 is 2.16 bits per heavy atom. The van der Waals surface area contributed by atoms with Crippen LogP contribution in [0.4, 0.5) is 9.18 Å². The van der Waals surface area contributed by atoms with Gasteiger partial charge in [0, 0.05) is 36.9 Å². The van der Waals surface area contributed by atoms with Crippen LogP contribution in [0.15, 0.2) is 36.5 Å². The first-order chi connectivity index (χ1) is 12.2. The van der Waals surface area contributed by atoms with Crippen LogP contribution in [-0.2, 0) is 0 Å². The van der Waals surface area contributed by atoms with Crippen molar-refractivity contribution in [3.05, 3.63) is 53.6 Å². The summed E-state index contributed by atoms with van der Waals surface area (Å²) in [7, 11) is 0. The van der Waals surface area contributed by atoms with E-state index in [4.69, 9.17) is 0 Å². The number of nitrogens with one attached hydrogen (secondary N) is 2. The third-order valence-electron chi connectivity index (χ3n) is 5.46. The summed E-state index contributed by atoms with van der Waals surface area (Å²) in [6.45, 7) is 1.53. The molecule has 5 nitrogen and oxygen atoms in total. The number of hydrogen-bond donors (Lipinski definition) is 2. The second-order valence-corrected chi connectivity index (χ2v) is 7.17. The highest BCUT2D eigenvalue weighted by Crippen LogP contribution is 2.37. The first kappa shape index (κ1) is 16.1. The predicted molar refractivity (Wildman–Crippen MR) is 92.8 cm³/mol. The summed E-state index contributed by atoms with van der Waals surface area (Å²) in [5.74, 6) is 0.492. The van der Waals surface area contributed by atoms with E-state index in [9.17, 15) is 9.18 Å². The molecule has 1 aliphatic carbocycles. The number of aromatic amines is 1. The van der Waals surface area contributed by atoms with Gasteiger partial charge in [0.1, 0.15) is 5.82 Å². The summed E-state index contributed by atoms with van der Waals surface area (Å²) >= 11 is 0. The third-order valence-corrected chi connectivity index (χ3v) is 5.46. The minimum Gasteiger partial charge on any atom is -0.335 e. The van der Waals surface area contributed by atoms with Gasteiger partial charge in [-0.05, 0) is 55.4 Å². The number of nitrogens with zero attached hydrogens (tertiary/aromatic N) is 2. The van der Waals surface area contributed by atoms with Crippen LogP contribution in [0.5, 0.6) is 0 Å². The zero-order valence-electron chi connectivity index (χ0n) is 14.1. The number of aromatic nitrogens is 2. The molecular formula is C19H23FN4O. The van der Waals surface area contributed by atoms with E-state index < -0.39 is 0 Å². The molecule has 2 fully saturated rings. The zero-order chi connectivity index (χ0) is 17.2. The van der Waals surface area contributed by atoms with Crippen LogP contribution < -0.4 is 5.32 Å². The molecule has 1 aliphatic heterocycles. The highest BCUT2D eigenvalue weighted by Gasteiger charge is 2.33. The number of halogens is 1. The molecule has 2 aliphatic rings. The molecular weight excluding hydrogens is 319 g/mol. The van der Waals surface area contributed by atoms with Gasteiger partial charge in [0.05, 0.1) is 0 Å². The Labute approximate surface area is 146 Å². The van der Waals surface area contributed by atoms with E-state index in [2.05, 4.69) is 15.5 Å². The number of likely N-dealkylation sites (tertiary alicyclic amines) is 1. The molecule has 0 spiro atoms. The van der Waals surface area contributed by atoms with Crippen LogP contribution >= 0.6 is 0 Å². The molecule has 132 valence electrons. The van der Waals surface area contributed by atoms with Crippen molar-refractivity contribution in [2.75, 3.05) is 13.1 Å². The summed E-state index contributed by atoms with van der Waals surface area (Å²) < 4.78 is 13.3. The van der Waals surface area contributed by atoms with E-state index in [0.29, 0.717) is 11.8 Å². The number of hydrogen-bond acceptors (Lipinski definition) is 2. The monoisotopic (exact) mass is 342 g/mol. The lowest BCUT2D eigenvalue weighted by molar-refractivity contribution is 0.166. The Kier molecular flexibility index (Phi) is 4.42. The maximum absolute atomic E-state index is 13.3.